The van der Waals surface area contributed by atoms with Gasteiger partial charge in [-0.2, -0.15) is 0 Å². The predicted molar refractivity (Wildman–Crippen MR) is 78.9 cm³/mol. The molecule has 0 aliphatic carbocycles. The number of benzene rings is 1. The van der Waals surface area contributed by atoms with Crippen LogP contribution in [0.2, 0.25) is 5.02 Å². The first-order valence-corrected chi connectivity index (χ1v) is 7.64. The molecular formula is C11H6Br2Cl2S. The normalized spacial score (nSPS) is 12.8. The smallest absolute Gasteiger partial charge is 0.0928 e. The van der Waals surface area contributed by atoms with Crippen LogP contribution in [0.25, 0.3) is 0 Å². The van der Waals surface area contributed by atoms with E-state index in [-0.39, 0.29) is 5.38 Å². The zero-order chi connectivity index (χ0) is 11.7. The molecule has 1 heterocycles. The molecule has 2 rings (SSSR count). The Morgan fingerprint density at radius 2 is 1.88 bits per heavy atom. The lowest BCUT2D eigenvalue weighted by Crippen LogP contribution is -1.89. The minimum Gasteiger partial charge on any atom is -0.131 e. The van der Waals surface area contributed by atoms with Gasteiger partial charge in [0, 0.05) is 9.35 Å². The standard InChI is InChI=1S/C11H6Br2Cl2S/c12-7-5-6(1-2-8(7)14)11(15)9-3-4-10(13)16-9/h1-5,11H. The zero-order valence-corrected chi connectivity index (χ0v) is 13.4. The lowest BCUT2D eigenvalue weighted by atomic mass is 10.1. The third kappa shape index (κ3) is 2.82. The highest BCUT2D eigenvalue weighted by molar-refractivity contribution is 9.11. The van der Waals surface area contributed by atoms with Gasteiger partial charge in [0.25, 0.3) is 0 Å². The van der Waals surface area contributed by atoms with E-state index < -0.39 is 0 Å². The van der Waals surface area contributed by atoms with Crippen molar-refractivity contribution in [3.05, 3.63) is 54.1 Å². The molecule has 1 unspecified atom stereocenters. The fraction of sp³-hybridized carbons (Fsp3) is 0.0909. The van der Waals surface area contributed by atoms with Gasteiger partial charge in [-0.15, -0.1) is 22.9 Å². The van der Waals surface area contributed by atoms with Crippen molar-refractivity contribution in [2.24, 2.45) is 0 Å². The number of rotatable bonds is 2. The summed E-state index contributed by atoms with van der Waals surface area (Å²) in [6, 6.07) is 9.76. The van der Waals surface area contributed by atoms with Gasteiger partial charge in [0.15, 0.2) is 0 Å². The minimum atomic E-state index is -0.134. The van der Waals surface area contributed by atoms with Crippen LogP contribution < -0.4 is 0 Å². The monoisotopic (exact) mass is 398 g/mol. The first-order chi connectivity index (χ1) is 7.58. The SMILES string of the molecule is Clc1ccc(C(Cl)c2ccc(Br)s2)cc1Br. The molecule has 0 bridgehead atoms. The van der Waals surface area contributed by atoms with Gasteiger partial charge in [-0.3, -0.25) is 0 Å². The van der Waals surface area contributed by atoms with E-state index in [1.807, 2.05) is 30.3 Å². The molecule has 0 fully saturated rings. The molecule has 0 radical (unpaired) electrons. The molecule has 2 aromatic rings. The van der Waals surface area contributed by atoms with Gasteiger partial charge in [-0.05, 0) is 61.7 Å². The summed E-state index contributed by atoms with van der Waals surface area (Å²) in [7, 11) is 0. The van der Waals surface area contributed by atoms with Gasteiger partial charge < -0.3 is 0 Å². The van der Waals surface area contributed by atoms with Crippen molar-refractivity contribution in [2.75, 3.05) is 0 Å². The van der Waals surface area contributed by atoms with Crippen LogP contribution in [0.1, 0.15) is 15.8 Å². The Bertz CT molecular complexity index is 510. The van der Waals surface area contributed by atoms with Crippen molar-refractivity contribution in [3.63, 3.8) is 0 Å². The number of halogens is 4. The fourth-order valence-electron chi connectivity index (χ4n) is 1.30. The Morgan fingerprint density at radius 1 is 1.12 bits per heavy atom. The summed E-state index contributed by atoms with van der Waals surface area (Å²) < 4.78 is 1.95. The Kier molecular flexibility index (Phi) is 4.36. The van der Waals surface area contributed by atoms with Crippen LogP contribution in [-0.2, 0) is 0 Å². The third-order valence-electron chi connectivity index (χ3n) is 2.08. The van der Waals surface area contributed by atoms with E-state index in [4.69, 9.17) is 23.2 Å². The molecule has 0 aliphatic heterocycles. The van der Waals surface area contributed by atoms with Crippen molar-refractivity contribution in [2.45, 2.75) is 5.38 Å². The van der Waals surface area contributed by atoms with Gasteiger partial charge in [0.05, 0.1) is 14.2 Å². The molecule has 0 saturated heterocycles. The van der Waals surface area contributed by atoms with Gasteiger partial charge in [-0.25, -0.2) is 0 Å². The Labute approximate surface area is 125 Å². The molecule has 1 aromatic heterocycles. The van der Waals surface area contributed by atoms with Crippen molar-refractivity contribution in [3.8, 4) is 0 Å². The van der Waals surface area contributed by atoms with Gasteiger partial charge in [0.2, 0.25) is 0 Å². The Hall–Kier alpha value is 0.460. The minimum absolute atomic E-state index is 0.134. The fourth-order valence-corrected chi connectivity index (χ4v) is 3.58. The van der Waals surface area contributed by atoms with Gasteiger partial charge in [0.1, 0.15) is 0 Å². The second kappa shape index (κ2) is 5.40. The summed E-state index contributed by atoms with van der Waals surface area (Å²) in [5.41, 5.74) is 1.03. The summed E-state index contributed by atoms with van der Waals surface area (Å²) in [6.07, 6.45) is 0. The van der Waals surface area contributed by atoms with E-state index in [0.717, 1.165) is 18.7 Å². The molecule has 84 valence electrons. The summed E-state index contributed by atoms with van der Waals surface area (Å²) in [5, 5.41) is 0.560. The lowest BCUT2D eigenvalue weighted by Gasteiger charge is -2.08. The molecule has 5 heteroatoms. The van der Waals surface area contributed by atoms with Crippen LogP contribution in [0, 0.1) is 0 Å². The van der Waals surface area contributed by atoms with E-state index in [1.54, 1.807) is 11.3 Å². The number of thiophene rings is 1. The zero-order valence-electron chi connectivity index (χ0n) is 7.88. The maximum absolute atomic E-state index is 6.39. The highest BCUT2D eigenvalue weighted by Crippen LogP contribution is 2.37. The molecule has 0 N–H and O–H groups in total. The second-order valence-electron chi connectivity index (χ2n) is 3.18. The van der Waals surface area contributed by atoms with Crippen LogP contribution >= 0.6 is 66.4 Å². The first-order valence-electron chi connectivity index (χ1n) is 4.42. The number of alkyl halides is 1. The van der Waals surface area contributed by atoms with Crippen LogP contribution in [0.5, 0.6) is 0 Å². The van der Waals surface area contributed by atoms with Crippen LogP contribution in [-0.4, -0.2) is 0 Å². The summed E-state index contributed by atoms with van der Waals surface area (Å²) >= 11 is 20.8. The highest BCUT2D eigenvalue weighted by Gasteiger charge is 2.13. The van der Waals surface area contributed by atoms with Crippen LogP contribution in [0.15, 0.2) is 38.6 Å². The van der Waals surface area contributed by atoms with Crippen molar-refractivity contribution in [1.82, 2.24) is 0 Å². The topological polar surface area (TPSA) is 0 Å². The first kappa shape index (κ1) is 12.9. The highest BCUT2D eigenvalue weighted by atomic mass is 79.9. The average molecular weight is 401 g/mol. The van der Waals surface area contributed by atoms with Crippen molar-refractivity contribution >= 4 is 66.4 Å². The quantitative estimate of drug-likeness (QED) is 0.522. The molecule has 0 spiro atoms. The number of hydrogen-bond donors (Lipinski definition) is 0. The summed E-state index contributed by atoms with van der Waals surface area (Å²) in [6.45, 7) is 0. The Morgan fingerprint density at radius 3 is 2.44 bits per heavy atom. The van der Waals surface area contributed by atoms with E-state index in [0.29, 0.717) is 5.02 Å². The van der Waals surface area contributed by atoms with Crippen LogP contribution in [0.4, 0.5) is 0 Å². The molecule has 1 aromatic carbocycles. The van der Waals surface area contributed by atoms with E-state index in [1.165, 1.54) is 0 Å². The maximum Gasteiger partial charge on any atom is 0.0928 e. The summed E-state index contributed by atoms with van der Waals surface area (Å²) in [5.74, 6) is 0. The maximum atomic E-state index is 6.39. The molecule has 0 aliphatic rings. The average Bonchev–Trinajstić information content (AvgIpc) is 2.68. The molecule has 0 nitrogen and oxygen atoms in total. The third-order valence-corrected chi connectivity index (χ3v) is 5.60. The molecular weight excluding hydrogens is 395 g/mol. The van der Waals surface area contributed by atoms with E-state index in [9.17, 15) is 0 Å². The number of hydrogen-bond acceptors (Lipinski definition) is 1. The lowest BCUT2D eigenvalue weighted by molar-refractivity contribution is 1.18. The predicted octanol–water partition coefficient (Wildman–Crippen LogP) is 6.25. The van der Waals surface area contributed by atoms with Gasteiger partial charge in [-0.1, -0.05) is 17.7 Å². The van der Waals surface area contributed by atoms with Crippen LogP contribution in [0.3, 0.4) is 0 Å². The van der Waals surface area contributed by atoms with E-state index >= 15 is 0 Å². The van der Waals surface area contributed by atoms with Gasteiger partial charge >= 0.3 is 0 Å². The van der Waals surface area contributed by atoms with Crippen molar-refractivity contribution < 1.29 is 0 Å². The molecule has 0 saturated carbocycles. The Balaban J connectivity index is 2.33. The molecule has 16 heavy (non-hydrogen) atoms. The molecule has 0 amide bonds. The molecule has 1 atom stereocenters. The second-order valence-corrected chi connectivity index (χ2v) is 7.37. The largest absolute Gasteiger partial charge is 0.131 e. The van der Waals surface area contributed by atoms with E-state index in [2.05, 4.69) is 31.9 Å². The van der Waals surface area contributed by atoms with Crippen molar-refractivity contribution in [1.29, 1.82) is 0 Å². The summed E-state index contributed by atoms with van der Waals surface area (Å²) in [4.78, 5) is 1.11.